The molecule has 0 aliphatic rings. The van der Waals surface area contributed by atoms with E-state index in [4.69, 9.17) is 0 Å². The predicted octanol–water partition coefficient (Wildman–Crippen LogP) is 3.03. The van der Waals surface area contributed by atoms with Crippen LogP contribution >= 0.6 is 0 Å². The third-order valence-electron chi connectivity index (χ3n) is 3.32. The number of hydrogen-bond donors (Lipinski definition) is 1. The normalized spacial score (nSPS) is 11.8. The maximum atomic E-state index is 13.6. The average molecular weight is 373 g/mol. The fraction of sp³-hybridized carbons (Fsp3) is 0.176. The molecule has 0 saturated heterocycles. The number of hydrogen-bond acceptors (Lipinski definition) is 3. The molecule has 1 atom stereocenters. The standard InChI is InChI=1S/C17H12F5NO3/c1-8(24)23-10(7-9-5-3-2-4-6-9)17(25)26-16-14(21)12(19)11(18)13(20)15(16)22/h2-6,10H,7H2,1H3,(H,23,24). The predicted molar refractivity (Wildman–Crippen MR) is 79.6 cm³/mol. The van der Waals surface area contributed by atoms with E-state index in [9.17, 15) is 31.5 Å². The van der Waals surface area contributed by atoms with E-state index in [0.29, 0.717) is 5.56 Å². The average Bonchev–Trinajstić information content (AvgIpc) is 2.61. The molecule has 26 heavy (non-hydrogen) atoms. The lowest BCUT2D eigenvalue weighted by molar-refractivity contribution is -0.139. The summed E-state index contributed by atoms with van der Waals surface area (Å²) in [6.45, 7) is 1.09. The lowest BCUT2D eigenvalue weighted by Crippen LogP contribution is -2.43. The van der Waals surface area contributed by atoms with Crippen molar-refractivity contribution >= 4 is 11.9 Å². The van der Waals surface area contributed by atoms with Crippen LogP contribution in [-0.4, -0.2) is 17.9 Å². The Morgan fingerprint density at radius 1 is 0.923 bits per heavy atom. The first-order chi connectivity index (χ1) is 12.2. The van der Waals surface area contributed by atoms with Gasteiger partial charge in [0.05, 0.1) is 0 Å². The molecule has 9 heteroatoms. The van der Waals surface area contributed by atoms with Crippen molar-refractivity contribution in [1.82, 2.24) is 5.32 Å². The van der Waals surface area contributed by atoms with E-state index in [1.165, 1.54) is 0 Å². The molecular formula is C17H12F5NO3. The smallest absolute Gasteiger partial charge is 0.334 e. The summed E-state index contributed by atoms with van der Waals surface area (Å²) in [5.74, 6) is -15.2. The van der Waals surface area contributed by atoms with Gasteiger partial charge in [0.2, 0.25) is 40.7 Å². The van der Waals surface area contributed by atoms with Crippen LogP contribution in [0.1, 0.15) is 12.5 Å². The lowest BCUT2D eigenvalue weighted by atomic mass is 10.1. The minimum atomic E-state index is -2.37. The van der Waals surface area contributed by atoms with Crippen molar-refractivity contribution in [3.8, 4) is 5.75 Å². The molecule has 0 saturated carbocycles. The summed E-state index contributed by atoms with van der Waals surface area (Å²) >= 11 is 0. The fourth-order valence-electron chi connectivity index (χ4n) is 2.13. The number of carbonyl (C=O) groups is 2. The van der Waals surface area contributed by atoms with Crippen LogP contribution < -0.4 is 10.1 Å². The minimum Gasteiger partial charge on any atom is -0.418 e. The number of esters is 1. The Bertz CT molecular complexity index is 813. The molecule has 138 valence electrons. The van der Waals surface area contributed by atoms with Crippen LogP contribution in [0.5, 0.6) is 5.75 Å². The van der Waals surface area contributed by atoms with E-state index in [0.717, 1.165) is 6.92 Å². The molecule has 2 rings (SSSR count). The molecule has 2 aromatic rings. The van der Waals surface area contributed by atoms with Crippen molar-refractivity contribution in [3.63, 3.8) is 0 Å². The van der Waals surface area contributed by atoms with Crippen LogP contribution in [-0.2, 0) is 16.0 Å². The monoisotopic (exact) mass is 373 g/mol. The van der Waals surface area contributed by atoms with Gasteiger partial charge < -0.3 is 10.1 Å². The molecule has 4 nitrogen and oxygen atoms in total. The van der Waals surface area contributed by atoms with E-state index in [2.05, 4.69) is 10.1 Å². The molecule has 0 heterocycles. The zero-order valence-electron chi connectivity index (χ0n) is 13.3. The molecule has 2 aromatic carbocycles. The van der Waals surface area contributed by atoms with Gasteiger partial charge in [-0.1, -0.05) is 30.3 Å². The van der Waals surface area contributed by atoms with Crippen molar-refractivity contribution in [2.75, 3.05) is 0 Å². The van der Waals surface area contributed by atoms with Crippen LogP contribution in [0.3, 0.4) is 0 Å². The third-order valence-corrected chi connectivity index (χ3v) is 3.32. The molecule has 1 unspecified atom stereocenters. The van der Waals surface area contributed by atoms with Crippen LogP contribution in [0.2, 0.25) is 0 Å². The van der Waals surface area contributed by atoms with Crippen molar-refractivity contribution < 1.29 is 36.3 Å². The van der Waals surface area contributed by atoms with Crippen molar-refractivity contribution in [2.45, 2.75) is 19.4 Å². The van der Waals surface area contributed by atoms with Gasteiger partial charge in [0.1, 0.15) is 6.04 Å². The summed E-state index contributed by atoms with van der Waals surface area (Å²) < 4.78 is 71.0. The molecule has 0 bridgehead atoms. The number of carbonyl (C=O) groups excluding carboxylic acids is 2. The van der Waals surface area contributed by atoms with E-state index in [1.807, 2.05) is 0 Å². The topological polar surface area (TPSA) is 55.4 Å². The highest BCUT2D eigenvalue weighted by molar-refractivity contribution is 5.84. The van der Waals surface area contributed by atoms with Gasteiger partial charge in [-0.25, -0.2) is 18.0 Å². The summed E-state index contributed by atoms with van der Waals surface area (Å²) in [6.07, 6.45) is -0.116. The van der Waals surface area contributed by atoms with Crippen LogP contribution in [0.4, 0.5) is 22.0 Å². The van der Waals surface area contributed by atoms with E-state index in [1.54, 1.807) is 30.3 Å². The second-order valence-electron chi connectivity index (χ2n) is 5.26. The number of halogens is 5. The second-order valence-corrected chi connectivity index (χ2v) is 5.26. The zero-order valence-corrected chi connectivity index (χ0v) is 13.3. The summed E-state index contributed by atoms with van der Waals surface area (Å²) in [4.78, 5) is 23.4. The number of amides is 1. The Morgan fingerprint density at radius 2 is 1.42 bits per heavy atom. The van der Waals surface area contributed by atoms with Gasteiger partial charge in [-0.05, 0) is 5.56 Å². The first-order valence-electron chi connectivity index (χ1n) is 7.26. The van der Waals surface area contributed by atoms with Gasteiger partial charge in [-0.15, -0.1) is 0 Å². The molecule has 0 aliphatic heterocycles. The summed E-state index contributed by atoms with van der Waals surface area (Å²) in [6, 6.07) is 6.82. The highest BCUT2D eigenvalue weighted by Crippen LogP contribution is 2.29. The Hall–Kier alpha value is -2.97. The quantitative estimate of drug-likeness (QED) is 0.288. The van der Waals surface area contributed by atoms with Gasteiger partial charge in [-0.3, -0.25) is 4.79 Å². The maximum absolute atomic E-state index is 13.6. The third kappa shape index (κ3) is 4.16. The molecular weight excluding hydrogens is 361 g/mol. The minimum absolute atomic E-state index is 0.116. The van der Waals surface area contributed by atoms with Gasteiger partial charge in [0, 0.05) is 13.3 Å². The molecule has 0 spiro atoms. The maximum Gasteiger partial charge on any atom is 0.334 e. The summed E-state index contributed by atoms with van der Waals surface area (Å²) in [7, 11) is 0. The van der Waals surface area contributed by atoms with E-state index >= 15 is 0 Å². The number of benzene rings is 2. The Balaban J connectivity index is 2.31. The van der Waals surface area contributed by atoms with Gasteiger partial charge in [0.15, 0.2) is 0 Å². The molecule has 1 amide bonds. The highest BCUT2D eigenvalue weighted by atomic mass is 19.2. The van der Waals surface area contributed by atoms with Gasteiger partial charge in [0.25, 0.3) is 0 Å². The van der Waals surface area contributed by atoms with Crippen molar-refractivity contribution in [2.24, 2.45) is 0 Å². The Morgan fingerprint density at radius 3 is 1.92 bits per heavy atom. The first-order valence-corrected chi connectivity index (χ1v) is 7.26. The van der Waals surface area contributed by atoms with Crippen molar-refractivity contribution in [3.05, 3.63) is 65.0 Å². The van der Waals surface area contributed by atoms with E-state index < -0.39 is 52.8 Å². The van der Waals surface area contributed by atoms with Crippen LogP contribution in [0.15, 0.2) is 30.3 Å². The number of ether oxygens (including phenoxy) is 1. The molecule has 0 fully saturated rings. The first kappa shape index (κ1) is 19.4. The molecule has 1 N–H and O–H groups in total. The summed E-state index contributed by atoms with van der Waals surface area (Å²) in [5.41, 5.74) is 0.570. The van der Waals surface area contributed by atoms with Crippen LogP contribution in [0.25, 0.3) is 0 Å². The van der Waals surface area contributed by atoms with E-state index in [-0.39, 0.29) is 6.42 Å². The summed E-state index contributed by atoms with van der Waals surface area (Å²) in [5, 5.41) is 2.21. The Kier molecular flexibility index (Phi) is 5.91. The number of nitrogens with one attached hydrogen (secondary N) is 1. The molecule has 0 aliphatic carbocycles. The lowest BCUT2D eigenvalue weighted by Gasteiger charge is -2.17. The number of rotatable bonds is 5. The SMILES string of the molecule is CC(=O)NC(Cc1ccccc1)C(=O)Oc1c(F)c(F)c(F)c(F)c1F. The zero-order chi connectivity index (χ0) is 19.4. The Labute approximate surface area is 144 Å². The molecule has 0 radical (unpaired) electrons. The highest BCUT2D eigenvalue weighted by Gasteiger charge is 2.31. The largest absolute Gasteiger partial charge is 0.418 e. The van der Waals surface area contributed by atoms with Crippen LogP contribution in [0, 0.1) is 29.1 Å². The van der Waals surface area contributed by atoms with Gasteiger partial charge >= 0.3 is 5.97 Å². The van der Waals surface area contributed by atoms with Gasteiger partial charge in [-0.2, -0.15) is 8.78 Å². The fourth-order valence-corrected chi connectivity index (χ4v) is 2.13. The van der Waals surface area contributed by atoms with Crippen molar-refractivity contribution in [1.29, 1.82) is 0 Å². The second kappa shape index (κ2) is 7.94. The molecule has 0 aromatic heterocycles.